The molecular formula is C26H27ClFN5O4. The third-order valence-electron chi connectivity index (χ3n) is 7.03. The summed E-state index contributed by atoms with van der Waals surface area (Å²) in [5.74, 6) is -0.781. The number of urea groups is 1. The van der Waals surface area contributed by atoms with E-state index in [4.69, 9.17) is 16.3 Å². The van der Waals surface area contributed by atoms with E-state index in [0.29, 0.717) is 23.0 Å². The van der Waals surface area contributed by atoms with Crippen molar-refractivity contribution in [2.45, 2.75) is 31.0 Å². The van der Waals surface area contributed by atoms with E-state index in [0.717, 1.165) is 6.42 Å². The Labute approximate surface area is 217 Å². The first kappa shape index (κ1) is 25.0. The molecule has 37 heavy (non-hydrogen) atoms. The summed E-state index contributed by atoms with van der Waals surface area (Å²) in [4.78, 5) is 40.7. The highest BCUT2D eigenvalue weighted by Gasteiger charge is 2.56. The van der Waals surface area contributed by atoms with Crippen LogP contribution in [-0.2, 0) is 9.53 Å². The van der Waals surface area contributed by atoms with Crippen LogP contribution in [-0.4, -0.2) is 60.3 Å². The van der Waals surface area contributed by atoms with E-state index in [9.17, 15) is 18.8 Å². The Morgan fingerprint density at radius 1 is 1.14 bits per heavy atom. The van der Waals surface area contributed by atoms with Gasteiger partial charge < -0.3 is 25.6 Å². The molecule has 1 aliphatic heterocycles. The van der Waals surface area contributed by atoms with Gasteiger partial charge in [-0.1, -0.05) is 41.9 Å². The number of ether oxygens (including phenoxy) is 1. The number of fused-ring (bicyclic) bond motifs is 2. The van der Waals surface area contributed by atoms with Crippen LogP contribution in [0.2, 0.25) is 5.02 Å². The normalized spacial score (nSPS) is 20.9. The molecule has 3 aromatic rings. The van der Waals surface area contributed by atoms with Crippen LogP contribution in [0.4, 0.5) is 19.7 Å². The second kappa shape index (κ2) is 10.0. The lowest BCUT2D eigenvalue weighted by Gasteiger charge is -2.29. The minimum atomic E-state index is -0.774. The van der Waals surface area contributed by atoms with Gasteiger partial charge in [-0.15, -0.1) is 0 Å². The molecule has 1 saturated heterocycles. The maximum Gasteiger partial charge on any atom is 0.325 e. The van der Waals surface area contributed by atoms with Gasteiger partial charge >= 0.3 is 12.1 Å². The SMILES string of the molecule is CNC(=O)n1cc(NC(=O)N2[C@@H]3C[C@@H]3C[C@H]2C(=O)N[C@H](COC)c2cccc(Cl)c2F)c2ccccc21. The number of anilines is 1. The molecule has 2 fully saturated rings. The molecule has 9 nitrogen and oxygen atoms in total. The standard InChI is InChI=1S/C26H27ClFN5O4/c1-29-25(35)32-12-18(15-6-3-4-9-20(15)32)31-26(36)33-21-10-14(21)11-22(33)24(34)30-19(13-37-2)16-7-5-8-17(27)23(16)28/h3-9,12,14,19,21-22H,10-11,13H2,1-2H3,(H,29,35)(H,30,34)(H,31,36)/t14-,19-,21-,22+/m1/s1. The number of amides is 4. The van der Waals surface area contributed by atoms with Crippen molar-refractivity contribution in [1.29, 1.82) is 0 Å². The van der Waals surface area contributed by atoms with Crippen LogP contribution < -0.4 is 16.0 Å². The number of hydrogen-bond acceptors (Lipinski definition) is 4. The van der Waals surface area contributed by atoms with E-state index in [1.807, 2.05) is 18.2 Å². The third kappa shape index (κ3) is 4.62. The first-order chi connectivity index (χ1) is 17.8. The second-order valence-corrected chi connectivity index (χ2v) is 9.70. The topological polar surface area (TPSA) is 105 Å². The number of nitrogens with one attached hydrogen (secondary N) is 3. The predicted octanol–water partition coefficient (Wildman–Crippen LogP) is 4.12. The van der Waals surface area contributed by atoms with Crippen LogP contribution in [0.15, 0.2) is 48.7 Å². The average molecular weight is 528 g/mol. The van der Waals surface area contributed by atoms with Gasteiger partial charge in [-0.05, 0) is 30.9 Å². The fourth-order valence-electron chi connectivity index (χ4n) is 5.16. The highest BCUT2D eigenvalue weighted by Crippen LogP contribution is 2.48. The average Bonchev–Trinajstić information content (AvgIpc) is 3.40. The van der Waals surface area contributed by atoms with E-state index in [-0.39, 0.29) is 35.2 Å². The van der Waals surface area contributed by atoms with E-state index in [1.165, 1.54) is 24.8 Å². The molecule has 2 heterocycles. The highest BCUT2D eigenvalue weighted by molar-refractivity contribution is 6.30. The van der Waals surface area contributed by atoms with Crippen molar-refractivity contribution in [3.05, 3.63) is 65.1 Å². The van der Waals surface area contributed by atoms with Gasteiger partial charge in [0.05, 0.1) is 28.9 Å². The van der Waals surface area contributed by atoms with Crippen molar-refractivity contribution in [2.24, 2.45) is 5.92 Å². The molecule has 194 valence electrons. The Hall–Kier alpha value is -3.63. The Morgan fingerprint density at radius 3 is 2.68 bits per heavy atom. The fourth-order valence-corrected chi connectivity index (χ4v) is 5.35. The maximum absolute atomic E-state index is 14.7. The minimum Gasteiger partial charge on any atom is -0.382 e. The number of aromatic nitrogens is 1. The maximum atomic E-state index is 14.7. The fraction of sp³-hybridized carbons (Fsp3) is 0.346. The van der Waals surface area contributed by atoms with Crippen molar-refractivity contribution in [3.8, 4) is 0 Å². The molecule has 4 atom stereocenters. The van der Waals surface area contributed by atoms with Crippen molar-refractivity contribution in [3.63, 3.8) is 0 Å². The van der Waals surface area contributed by atoms with E-state index in [2.05, 4.69) is 16.0 Å². The van der Waals surface area contributed by atoms with Gasteiger partial charge in [0.1, 0.15) is 11.9 Å². The summed E-state index contributed by atoms with van der Waals surface area (Å²) in [7, 11) is 2.99. The molecule has 0 spiro atoms. The van der Waals surface area contributed by atoms with Crippen molar-refractivity contribution in [1.82, 2.24) is 20.1 Å². The van der Waals surface area contributed by atoms with Crippen LogP contribution in [0.5, 0.6) is 0 Å². The Bertz CT molecular complexity index is 1380. The highest BCUT2D eigenvalue weighted by atomic mass is 35.5. The van der Waals surface area contributed by atoms with Gasteiger partial charge in [0.25, 0.3) is 0 Å². The lowest BCUT2D eigenvalue weighted by atomic mass is 10.1. The zero-order chi connectivity index (χ0) is 26.3. The number of hydrogen-bond donors (Lipinski definition) is 3. The lowest BCUT2D eigenvalue weighted by Crippen LogP contribution is -2.50. The number of benzene rings is 2. The first-order valence-corrected chi connectivity index (χ1v) is 12.4. The molecule has 11 heteroatoms. The largest absolute Gasteiger partial charge is 0.382 e. The zero-order valence-electron chi connectivity index (χ0n) is 20.3. The monoisotopic (exact) mass is 527 g/mol. The predicted molar refractivity (Wildman–Crippen MR) is 137 cm³/mol. The van der Waals surface area contributed by atoms with Gasteiger partial charge in [-0.25, -0.2) is 14.0 Å². The smallest absolute Gasteiger partial charge is 0.325 e. The molecule has 2 aromatic carbocycles. The van der Waals surface area contributed by atoms with Crippen molar-refractivity contribution in [2.75, 3.05) is 26.1 Å². The Kier molecular flexibility index (Phi) is 6.78. The number of nitrogens with zero attached hydrogens (tertiary/aromatic N) is 2. The van der Waals surface area contributed by atoms with E-state index < -0.39 is 29.8 Å². The summed E-state index contributed by atoms with van der Waals surface area (Å²) >= 11 is 5.94. The van der Waals surface area contributed by atoms with Crippen LogP contribution >= 0.6 is 11.6 Å². The number of halogens is 2. The quantitative estimate of drug-likeness (QED) is 0.448. The molecule has 1 aromatic heterocycles. The summed E-state index contributed by atoms with van der Waals surface area (Å²) in [5.41, 5.74) is 1.32. The third-order valence-corrected chi connectivity index (χ3v) is 7.33. The summed E-state index contributed by atoms with van der Waals surface area (Å²) in [5, 5.41) is 8.98. The molecule has 5 rings (SSSR count). The summed E-state index contributed by atoms with van der Waals surface area (Å²) in [6, 6.07) is 9.50. The molecule has 3 N–H and O–H groups in total. The van der Waals surface area contributed by atoms with E-state index >= 15 is 0 Å². The minimum absolute atomic E-state index is 0.0355. The van der Waals surface area contributed by atoms with Gasteiger partial charge in [0, 0.05) is 37.3 Å². The van der Waals surface area contributed by atoms with Crippen LogP contribution in [0.25, 0.3) is 10.9 Å². The van der Waals surface area contributed by atoms with Gasteiger partial charge in [-0.2, -0.15) is 0 Å². The molecular weight excluding hydrogens is 501 g/mol. The number of methoxy groups -OCH3 is 1. The molecule has 0 unspecified atom stereocenters. The summed E-state index contributed by atoms with van der Waals surface area (Å²) < 4.78 is 21.3. The summed E-state index contributed by atoms with van der Waals surface area (Å²) in [6.45, 7) is 0.0355. The van der Waals surface area contributed by atoms with Crippen molar-refractivity contribution >= 4 is 46.2 Å². The molecule has 4 amide bonds. The molecule has 1 aliphatic carbocycles. The second-order valence-electron chi connectivity index (χ2n) is 9.30. The van der Waals surface area contributed by atoms with Crippen LogP contribution in [0, 0.1) is 11.7 Å². The zero-order valence-corrected chi connectivity index (χ0v) is 21.1. The van der Waals surface area contributed by atoms with Crippen molar-refractivity contribution < 1.29 is 23.5 Å². The summed E-state index contributed by atoms with van der Waals surface area (Å²) in [6.07, 6.45) is 2.90. The van der Waals surface area contributed by atoms with Gasteiger partial charge in [-0.3, -0.25) is 9.36 Å². The van der Waals surface area contributed by atoms with Crippen LogP contribution in [0.1, 0.15) is 24.4 Å². The van der Waals surface area contributed by atoms with Crippen LogP contribution in [0.3, 0.4) is 0 Å². The van der Waals surface area contributed by atoms with Gasteiger partial charge in [0.15, 0.2) is 0 Å². The van der Waals surface area contributed by atoms with E-state index in [1.54, 1.807) is 29.3 Å². The number of likely N-dealkylation sites (tertiary alicyclic amines) is 1. The first-order valence-electron chi connectivity index (χ1n) is 12.0. The molecule has 0 bridgehead atoms. The number of carbonyl (C=O) groups is 3. The Balaban J connectivity index is 1.37. The Morgan fingerprint density at radius 2 is 1.92 bits per heavy atom. The number of para-hydroxylation sites is 1. The van der Waals surface area contributed by atoms with Gasteiger partial charge in [0.2, 0.25) is 5.91 Å². The number of piperidine rings is 1. The molecule has 1 saturated carbocycles. The molecule has 0 radical (unpaired) electrons. The number of rotatable bonds is 6. The number of carbonyl (C=O) groups excluding carboxylic acids is 3. The molecule has 2 aliphatic rings. The lowest BCUT2D eigenvalue weighted by molar-refractivity contribution is -0.126.